The summed E-state index contributed by atoms with van der Waals surface area (Å²) >= 11 is 0. The highest BCUT2D eigenvalue weighted by atomic mass is 19.1. The fourth-order valence-corrected chi connectivity index (χ4v) is 1.85. The molecule has 19 heavy (non-hydrogen) atoms. The number of carbonyl (C=O) groups excluding carboxylic acids is 1. The van der Waals surface area contributed by atoms with Gasteiger partial charge < -0.3 is 0 Å². The molecule has 1 aromatic carbocycles. The Morgan fingerprint density at radius 1 is 1.26 bits per heavy atom. The van der Waals surface area contributed by atoms with Gasteiger partial charge in [-0.15, -0.1) is 0 Å². The highest BCUT2D eigenvalue weighted by Gasteiger charge is 2.09. The van der Waals surface area contributed by atoms with Crippen LogP contribution in [0.4, 0.5) is 4.39 Å². The lowest BCUT2D eigenvalue weighted by Crippen LogP contribution is -2.06. The first kappa shape index (κ1) is 13.4. The summed E-state index contributed by atoms with van der Waals surface area (Å²) < 4.78 is 13.1. The van der Waals surface area contributed by atoms with Crippen molar-refractivity contribution >= 4 is 5.78 Å². The molecule has 2 aromatic rings. The summed E-state index contributed by atoms with van der Waals surface area (Å²) in [4.78, 5) is 16.3. The van der Waals surface area contributed by atoms with Crippen LogP contribution in [0.2, 0.25) is 0 Å². The van der Waals surface area contributed by atoms with E-state index in [0.717, 1.165) is 17.7 Å². The van der Waals surface area contributed by atoms with E-state index in [9.17, 15) is 9.18 Å². The van der Waals surface area contributed by atoms with Crippen LogP contribution in [0.1, 0.15) is 34.1 Å². The minimum Gasteiger partial charge on any atom is -0.294 e. The van der Waals surface area contributed by atoms with Crippen LogP contribution in [-0.4, -0.2) is 10.8 Å². The van der Waals surface area contributed by atoms with Crippen molar-refractivity contribution in [1.82, 2.24) is 4.98 Å². The number of rotatable bonds is 4. The number of pyridine rings is 1. The zero-order valence-electron chi connectivity index (χ0n) is 11.1. The zero-order valence-corrected chi connectivity index (χ0v) is 11.1. The maximum Gasteiger partial charge on any atom is 0.168 e. The molecule has 0 bridgehead atoms. The van der Waals surface area contributed by atoms with Crippen molar-refractivity contribution < 1.29 is 9.18 Å². The number of hydrogen-bond acceptors (Lipinski definition) is 2. The molecule has 3 heteroatoms. The van der Waals surface area contributed by atoms with Crippen LogP contribution < -0.4 is 0 Å². The predicted molar refractivity (Wildman–Crippen MR) is 72.8 cm³/mol. The molecule has 1 heterocycles. The number of hydrogen-bond donors (Lipinski definition) is 0. The van der Waals surface area contributed by atoms with Gasteiger partial charge in [-0.3, -0.25) is 9.78 Å². The van der Waals surface area contributed by atoms with Crippen molar-refractivity contribution in [2.24, 2.45) is 0 Å². The van der Waals surface area contributed by atoms with Crippen LogP contribution in [0, 0.1) is 12.7 Å². The second-order valence-electron chi connectivity index (χ2n) is 4.58. The molecule has 0 spiro atoms. The number of aromatic nitrogens is 1. The van der Waals surface area contributed by atoms with Crippen LogP contribution in [0.25, 0.3) is 0 Å². The van der Waals surface area contributed by atoms with Gasteiger partial charge in [0.2, 0.25) is 0 Å². The molecule has 0 fully saturated rings. The van der Waals surface area contributed by atoms with E-state index >= 15 is 0 Å². The minimum absolute atomic E-state index is 0.0418. The van der Waals surface area contributed by atoms with Crippen LogP contribution in [0.5, 0.6) is 0 Å². The Labute approximate surface area is 112 Å². The predicted octanol–water partition coefficient (Wildman–Crippen LogP) is 3.52. The van der Waals surface area contributed by atoms with Gasteiger partial charge in [0.25, 0.3) is 0 Å². The van der Waals surface area contributed by atoms with Crippen molar-refractivity contribution in [3.8, 4) is 0 Å². The summed E-state index contributed by atoms with van der Waals surface area (Å²) in [6, 6.07) is 8.28. The third-order valence-corrected chi connectivity index (χ3v) is 3.12. The van der Waals surface area contributed by atoms with Crippen molar-refractivity contribution in [3.05, 3.63) is 64.7 Å². The maximum absolute atomic E-state index is 13.1. The lowest BCUT2D eigenvalue weighted by atomic mass is 10.0. The molecule has 1 aromatic heterocycles. The monoisotopic (exact) mass is 257 g/mol. The smallest absolute Gasteiger partial charge is 0.168 e. The summed E-state index contributed by atoms with van der Waals surface area (Å²) in [7, 11) is 0. The summed E-state index contributed by atoms with van der Waals surface area (Å²) in [5.74, 6) is -0.332. The maximum atomic E-state index is 13.1. The number of aryl methyl sites for hydroxylation is 2. The molecule has 0 unspecified atom stereocenters. The lowest BCUT2D eigenvalue weighted by molar-refractivity contribution is 0.0992. The van der Waals surface area contributed by atoms with Crippen LogP contribution in [0.3, 0.4) is 0 Å². The molecular weight excluding hydrogens is 241 g/mol. The van der Waals surface area contributed by atoms with Gasteiger partial charge in [-0.05, 0) is 48.7 Å². The van der Waals surface area contributed by atoms with E-state index in [-0.39, 0.29) is 18.0 Å². The van der Waals surface area contributed by atoms with Crippen molar-refractivity contribution in [2.45, 2.75) is 26.7 Å². The van der Waals surface area contributed by atoms with Gasteiger partial charge in [0.15, 0.2) is 5.78 Å². The zero-order chi connectivity index (χ0) is 13.8. The fourth-order valence-electron chi connectivity index (χ4n) is 1.85. The SMILES string of the molecule is CCc1ccc(CC(=O)c2ccc(F)c(C)c2)nc1. The molecule has 2 nitrogen and oxygen atoms in total. The third-order valence-electron chi connectivity index (χ3n) is 3.12. The quantitative estimate of drug-likeness (QED) is 0.784. The summed E-state index contributed by atoms with van der Waals surface area (Å²) in [6.45, 7) is 3.71. The molecule has 0 aliphatic rings. The summed E-state index contributed by atoms with van der Waals surface area (Å²) in [5, 5.41) is 0. The van der Waals surface area contributed by atoms with E-state index in [1.165, 1.54) is 12.1 Å². The lowest BCUT2D eigenvalue weighted by Gasteiger charge is -2.04. The minimum atomic E-state index is -0.290. The molecular formula is C16H16FNO. The number of nitrogens with zero attached hydrogens (tertiary/aromatic N) is 1. The van der Waals surface area contributed by atoms with Gasteiger partial charge in [-0.25, -0.2) is 4.39 Å². The second kappa shape index (κ2) is 5.74. The Morgan fingerprint density at radius 3 is 2.63 bits per heavy atom. The number of Topliss-reactive ketones (excluding diaryl/α,β-unsaturated/α-hetero) is 1. The van der Waals surface area contributed by atoms with E-state index in [0.29, 0.717) is 11.1 Å². The average molecular weight is 257 g/mol. The molecule has 0 aliphatic carbocycles. The number of ketones is 1. The van der Waals surface area contributed by atoms with E-state index in [1.54, 1.807) is 19.2 Å². The first-order valence-corrected chi connectivity index (χ1v) is 6.33. The Bertz CT molecular complexity index is 590. The highest BCUT2D eigenvalue weighted by Crippen LogP contribution is 2.12. The Kier molecular flexibility index (Phi) is 4.05. The number of carbonyl (C=O) groups is 1. The van der Waals surface area contributed by atoms with Gasteiger partial charge in [0.05, 0.1) is 6.42 Å². The molecule has 0 saturated carbocycles. The molecule has 0 saturated heterocycles. The topological polar surface area (TPSA) is 30.0 Å². The molecule has 0 amide bonds. The van der Waals surface area contributed by atoms with Crippen LogP contribution >= 0.6 is 0 Å². The molecule has 0 N–H and O–H groups in total. The Morgan fingerprint density at radius 2 is 2.05 bits per heavy atom. The Hall–Kier alpha value is -2.03. The van der Waals surface area contributed by atoms with E-state index < -0.39 is 0 Å². The highest BCUT2D eigenvalue weighted by molar-refractivity contribution is 5.97. The van der Waals surface area contributed by atoms with Crippen molar-refractivity contribution in [1.29, 1.82) is 0 Å². The standard InChI is InChI=1S/C16H16FNO/c1-3-12-4-6-14(18-10-12)9-16(19)13-5-7-15(17)11(2)8-13/h4-8,10H,3,9H2,1-2H3. The normalized spacial score (nSPS) is 10.5. The number of halogens is 1. The summed E-state index contributed by atoms with van der Waals surface area (Å²) in [6.07, 6.45) is 2.96. The van der Waals surface area contributed by atoms with Gasteiger partial charge in [0.1, 0.15) is 5.82 Å². The van der Waals surface area contributed by atoms with Gasteiger partial charge in [-0.2, -0.15) is 0 Å². The van der Waals surface area contributed by atoms with Crippen LogP contribution in [-0.2, 0) is 12.8 Å². The van der Waals surface area contributed by atoms with Crippen molar-refractivity contribution in [3.63, 3.8) is 0 Å². The molecule has 0 atom stereocenters. The van der Waals surface area contributed by atoms with Crippen LogP contribution in [0.15, 0.2) is 36.5 Å². The number of benzene rings is 1. The van der Waals surface area contributed by atoms with E-state index in [2.05, 4.69) is 11.9 Å². The molecule has 0 radical (unpaired) electrons. The van der Waals surface area contributed by atoms with Gasteiger partial charge in [0, 0.05) is 17.5 Å². The third kappa shape index (κ3) is 3.25. The van der Waals surface area contributed by atoms with Gasteiger partial charge >= 0.3 is 0 Å². The summed E-state index contributed by atoms with van der Waals surface area (Å²) in [5.41, 5.74) is 2.90. The first-order chi connectivity index (χ1) is 9.10. The first-order valence-electron chi connectivity index (χ1n) is 6.33. The molecule has 0 aliphatic heterocycles. The average Bonchev–Trinajstić information content (AvgIpc) is 2.42. The molecule has 2 rings (SSSR count). The van der Waals surface area contributed by atoms with E-state index in [1.807, 2.05) is 12.1 Å². The van der Waals surface area contributed by atoms with E-state index in [4.69, 9.17) is 0 Å². The largest absolute Gasteiger partial charge is 0.294 e. The fraction of sp³-hybridized carbons (Fsp3) is 0.250. The van der Waals surface area contributed by atoms with Gasteiger partial charge in [-0.1, -0.05) is 13.0 Å². The second-order valence-corrected chi connectivity index (χ2v) is 4.58. The molecule has 98 valence electrons. The Balaban J connectivity index is 2.13. The van der Waals surface area contributed by atoms with Crippen molar-refractivity contribution in [2.75, 3.05) is 0 Å².